The van der Waals surface area contributed by atoms with E-state index in [1.54, 1.807) is 0 Å². The highest BCUT2D eigenvalue weighted by atomic mass is 19.1. The number of carbonyl (C=O) groups excluding carboxylic acids is 2. The molecule has 0 saturated carbocycles. The fraction of sp³-hybridized carbons (Fsp3) is 0. The lowest BCUT2D eigenvalue weighted by Gasteiger charge is -2.07. The number of nitrogens with one attached hydrogen (secondary N) is 2. The molecule has 2 aliphatic heterocycles. The molecule has 5 heteroatoms. The molecule has 0 bridgehead atoms. The minimum atomic E-state index is -0.375. The highest BCUT2D eigenvalue weighted by molar-refractivity contribution is 6.30. The lowest BCUT2D eigenvalue weighted by atomic mass is 10.0. The summed E-state index contributed by atoms with van der Waals surface area (Å²) >= 11 is 0. The van der Waals surface area contributed by atoms with E-state index < -0.39 is 0 Å². The quantitative estimate of drug-likeness (QED) is 0.894. The number of halogens is 1. The van der Waals surface area contributed by atoms with Crippen LogP contribution in [0.3, 0.4) is 0 Å². The summed E-state index contributed by atoms with van der Waals surface area (Å²) in [7, 11) is 0. The van der Waals surface area contributed by atoms with Crippen molar-refractivity contribution in [1.82, 2.24) is 10.6 Å². The van der Waals surface area contributed by atoms with Crippen LogP contribution in [0.2, 0.25) is 0 Å². The molecule has 0 unspecified atom stereocenters. The monoisotopic (exact) mass is 306 g/mol. The Morgan fingerprint density at radius 2 is 1.13 bits per heavy atom. The number of amides is 2. The van der Waals surface area contributed by atoms with Crippen LogP contribution in [0.5, 0.6) is 0 Å². The Bertz CT molecular complexity index is 896. The molecular formula is C18H11FN2O2. The van der Waals surface area contributed by atoms with Gasteiger partial charge in [0.1, 0.15) is 5.82 Å². The molecule has 0 aromatic heterocycles. The molecule has 2 N–H and O–H groups in total. The maximum atomic E-state index is 13.1. The van der Waals surface area contributed by atoms with Gasteiger partial charge in [-0.1, -0.05) is 30.3 Å². The summed E-state index contributed by atoms with van der Waals surface area (Å²) in [5, 5.41) is 5.48. The molecule has 2 heterocycles. The van der Waals surface area contributed by atoms with Crippen LogP contribution in [-0.4, -0.2) is 11.8 Å². The Hall–Kier alpha value is -3.21. The van der Waals surface area contributed by atoms with Crippen LogP contribution in [0.15, 0.2) is 65.7 Å². The highest BCUT2D eigenvalue weighted by Crippen LogP contribution is 2.37. The fourth-order valence-corrected chi connectivity index (χ4v) is 2.84. The maximum absolute atomic E-state index is 13.1. The van der Waals surface area contributed by atoms with Gasteiger partial charge in [-0.15, -0.1) is 0 Å². The molecule has 0 radical (unpaired) electrons. The number of fused-ring (bicyclic) bond motifs is 1. The van der Waals surface area contributed by atoms with Crippen molar-refractivity contribution in [1.29, 1.82) is 0 Å². The highest BCUT2D eigenvalue weighted by Gasteiger charge is 2.40. The Labute approximate surface area is 131 Å². The first-order valence-electron chi connectivity index (χ1n) is 7.08. The molecule has 23 heavy (non-hydrogen) atoms. The summed E-state index contributed by atoms with van der Waals surface area (Å²) in [6.45, 7) is 0. The van der Waals surface area contributed by atoms with Gasteiger partial charge >= 0.3 is 0 Å². The Kier molecular flexibility index (Phi) is 2.87. The number of benzene rings is 2. The van der Waals surface area contributed by atoms with Crippen LogP contribution in [0, 0.1) is 5.82 Å². The van der Waals surface area contributed by atoms with E-state index in [1.165, 1.54) is 24.3 Å². The Morgan fingerprint density at radius 3 is 1.65 bits per heavy atom. The number of hydrogen-bond acceptors (Lipinski definition) is 2. The minimum absolute atomic E-state index is 0.306. The van der Waals surface area contributed by atoms with Gasteiger partial charge in [0, 0.05) is 0 Å². The standard InChI is InChI=1S/C18H11FN2O2/c19-12-8-6-11(7-9-12)16-14-13(17(22)21-16)15(20-18(14)23)10-4-2-1-3-5-10/h1-9H,(H,20,23)(H,21,22). The van der Waals surface area contributed by atoms with Crippen molar-refractivity contribution in [2.45, 2.75) is 0 Å². The summed E-state index contributed by atoms with van der Waals surface area (Å²) < 4.78 is 13.1. The van der Waals surface area contributed by atoms with Gasteiger partial charge in [-0.2, -0.15) is 0 Å². The third-order valence-corrected chi connectivity index (χ3v) is 3.88. The largest absolute Gasteiger partial charge is 0.321 e. The molecule has 0 spiro atoms. The zero-order chi connectivity index (χ0) is 16.0. The number of rotatable bonds is 2. The van der Waals surface area contributed by atoms with E-state index >= 15 is 0 Å². The smallest absolute Gasteiger partial charge is 0.258 e. The average Bonchev–Trinajstić information content (AvgIpc) is 3.09. The van der Waals surface area contributed by atoms with Crippen LogP contribution in [-0.2, 0) is 9.59 Å². The zero-order valence-corrected chi connectivity index (χ0v) is 11.9. The molecule has 0 atom stereocenters. The van der Waals surface area contributed by atoms with Gasteiger partial charge in [-0.25, -0.2) is 4.39 Å². The first-order valence-corrected chi connectivity index (χ1v) is 7.08. The van der Waals surface area contributed by atoms with Crippen molar-refractivity contribution in [2.24, 2.45) is 0 Å². The van der Waals surface area contributed by atoms with Gasteiger partial charge in [0.25, 0.3) is 11.8 Å². The van der Waals surface area contributed by atoms with E-state index in [1.807, 2.05) is 30.3 Å². The molecule has 2 aliphatic rings. The second-order valence-electron chi connectivity index (χ2n) is 5.28. The third-order valence-electron chi connectivity index (χ3n) is 3.88. The molecule has 0 aliphatic carbocycles. The first-order chi connectivity index (χ1) is 11.1. The van der Waals surface area contributed by atoms with Gasteiger partial charge in [0.2, 0.25) is 0 Å². The van der Waals surface area contributed by atoms with Crippen LogP contribution in [0.25, 0.3) is 11.4 Å². The lowest BCUT2D eigenvalue weighted by molar-refractivity contribution is -0.117. The molecule has 2 aromatic carbocycles. The first kappa shape index (κ1) is 13.5. The summed E-state index contributed by atoms with van der Waals surface area (Å²) in [4.78, 5) is 24.7. The summed E-state index contributed by atoms with van der Waals surface area (Å²) in [6, 6.07) is 14.9. The topological polar surface area (TPSA) is 58.2 Å². The van der Waals surface area contributed by atoms with E-state index in [0.29, 0.717) is 28.1 Å². The molecule has 0 fully saturated rings. The molecule has 4 nitrogen and oxygen atoms in total. The molecular weight excluding hydrogens is 295 g/mol. The molecule has 0 saturated heterocycles. The number of carbonyl (C=O) groups is 2. The Morgan fingerprint density at radius 1 is 0.652 bits per heavy atom. The van der Waals surface area contributed by atoms with Crippen molar-refractivity contribution >= 4 is 23.2 Å². The van der Waals surface area contributed by atoms with Gasteiger partial charge in [-0.05, 0) is 35.4 Å². The predicted molar refractivity (Wildman–Crippen MR) is 83.0 cm³/mol. The molecule has 2 aromatic rings. The second-order valence-corrected chi connectivity index (χ2v) is 5.28. The second kappa shape index (κ2) is 4.91. The van der Waals surface area contributed by atoms with Crippen LogP contribution in [0.1, 0.15) is 11.1 Å². The maximum Gasteiger partial charge on any atom is 0.258 e. The molecule has 112 valence electrons. The summed E-state index contributed by atoms with van der Waals surface area (Å²) in [6.07, 6.45) is 0. The van der Waals surface area contributed by atoms with Gasteiger partial charge in [0.15, 0.2) is 0 Å². The van der Waals surface area contributed by atoms with E-state index in [0.717, 1.165) is 5.56 Å². The zero-order valence-electron chi connectivity index (χ0n) is 11.9. The predicted octanol–water partition coefficient (Wildman–Crippen LogP) is 2.21. The third kappa shape index (κ3) is 2.05. The van der Waals surface area contributed by atoms with Gasteiger partial charge in [0.05, 0.1) is 22.5 Å². The van der Waals surface area contributed by atoms with E-state index in [-0.39, 0.29) is 17.6 Å². The van der Waals surface area contributed by atoms with Crippen molar-refractivity contribution < 1.29 is 14.0 Å². The minimum Gasteiger partial charge on any atom is -0.321 e. The van der Waals surface area contributed by atoms with Crippen LogP contribution >= 0.6 is 0 Å². The van der Waals surface area contributed by atoms with Crippen LogP contribution in [0.4, 0.5) is 4.39 Å². The van der Waals surface area contributed by atoms with E-state index in [4.69, 9.17) is 0 Å². The van der Waals surface area contributed by atoms with E-state index in [2.05, 4.69) is 10.6 Å². The van der Waals surface area contributed by atoms with E-state index in [9.17, 15) is 14.0 Å². The van der Waals surface area contributed by atoms with Crippen molar-refractivity contribution in [3.05, 3.63) is 82.7 Å². The van der Waals surface area contributed by atoms with Crippen LogP contribution < -0.4 is 10.6 Å². The normalized spacial score (nSPS) is 16.6. The average molecular weight is 306 g/mol. The summed E-state index contributed by atoms with van der Waals surface area (Å²) in [5.41, 5.74) is 2.91. The lowest BCUT2D eigenvalue weighted by Crippen LogP contribution is -2.21. The molecule has 2 amide bonds. The van der Waals surface area contributed by atoms with Crippen molar-refractivity contribution in [3.63, 3.8) is 0 Å². The number of hydrogen-bond donors (Lipinski definition) is 2. The van der Waals surface area contributed by atoms with Gasteiger partial charge < -0.3 is 10.6 Å². The molecule has 4 rings (SSSR count). The van der Waals surface area contributed by atoms with Gasteiger partial charge in [-0.3, -0.25) is 9.59 Å². The fourth-order valence-electron chi connectivity index (χ4n) is 2.84. The Balaban J connectivity index is 1.90. The summed E-state index contributed by atoms with van der Waals surface area (Å²) in [5.74, 6) is -1.05. The van der Waals surface area contributed by atoms with Crippen molar-refractivity contribution in [2.75, 3.05) is 0 Å². The SMILES string of the molecule is O=C1NC(c2ccc(F)cc2)=C2C(=O)NC(c3ccccc3)=C12. The van der Waals surface area contributed by atoms with Crippen molar-refractivity contribution in [3.8, 4) is 0 Å².